The van der Waals surface area contributed by atoms with Gasteiger partial charge in [0.05, 0.1) is 6.07 Å². The van der Waals surface area contributed by atoms with E-state index >= 15 is 0 Å². The summed E-state index contributed by atoms with van der Waals surface area (Å²) >= 11 is 12.7. The third kappa shape index (κ3) is 3.57. The highest BCUT2D eigenvalue weighted by atomic mass is 35.5. The van der Waals surface area contributed by atoms with Crippen LogP contribution in [0.15, 0.2) is 48.5 Å². The predicted octanol–water partition coefficient (Wildman–Crippen LogP) is 6.71. The number of benzene rings is 2. The van der Waals surface area contributed by atoms with Crippen molar-refractivity contribution in [3.63, 3.8) is 0 Å². The number of ether oxygens (including phenoxy) is 1. The predicted molar refractivity (Wildman–Crippen MR) is 131 cm³/mol. The molecule has 0 aliphatic carbocycles. The summed E-state index contributed by atoms with van der Waals surface area (Å²) in [5.74, 6) is -0.820. The van der Waals surface area contributed by atoms with Gasteiger partial charge in [0.25, 0.3) is 0 Å². The summed E-state index contributed by atoms with van der Waals surface area (Å²) in [7, 11) is 0. The Morgan fingerprint density at radius 1 is 1.06 bits per heavy atom. The lowest BCUT2D eigenvalue weighted by molar-refractivity contribution is -0.153. The van der Waals surface area contributed by atoms with E-state index in [4.69, 9.17) is 27.9 Å². The second-order valence-corrected chi connectivity index (χ2v) is 12.0. The largest absolute Gasteiger partial charge is 0.443 e. The van der Waals surface area contributed by atoms with E-state index in [9.17, 15) is 10.1 Å². The number of hydrogen-bond acceptors (Lipinski definition) is 4. The molecule has 0 unspecified atom stereocenters. The fourth-order valence-corrected chi connectivity index (χ4v) is 6.55. The molecule has 4 atom stereocenters. The summed E-state index contributed by atoms with van der Waals surface area (Å²) in [4.78, 5) is 15.8. The second kappa shape index (κ2) is 7.73. The highest BCUT2D eigenvalue weighted by molar-refractivity contribution is 6.30. The van der Waals surface area contributed by atoms with Gasteiger partial charge in [-0.05, 0) is 68.0 Å². The first kappa shape index (κ1) is 24.1. The molecular formula is C27H30Cl2N2O2. The number of esters is 1. The summed E-state index contributed by atoms with van der Waals surface area (Å²) in [6.07, 6.45) is 0.690. The van der Waals surface area contributed by atoms with Crippen LogP contribution < -0.4 is 0 Å². The lowest BCUT2D eigenvalue weighted by Crippen LogP contribution is -2.54. The Labute approximate surface area is 206 Å². The molecule has 2 fully saturated rings. The lowest BCUT2D eigenvalue weighted by atomic mass is 9.60. The van der Waals surface area contributed by atoms with E-state index in [1.165, 1.54) is 0 Å². The molecule has 2 aliphatic heterocycles. The normalized spacial score (nSPS) is 31.2. The smallest absolute Gasteiger partial charge is 0.328 e. The Bertz CT molecular complexity index is 1130. The van der Waals surface area contributed by atoms with Crippen LogP contribution in [0.2, 0.25) is 10.0 Å². The van der Waals surface area contributed by atoms with Crippen molar-refractivity contribution < 1.29 is 9.53 Å². The van der Waals surface area contributed by atoms with E-state index < -0.39 is 22.6 Å². The fourth-order valence-electron chi connectivity index (χ4n) is 6.23. The van der Waals surface area contributed by atoms with Crippen molar-refractivity contribution in [2.24, 2.45) is 5.41 Å². The SMILES string of the molecule is CC(C)(C)C[C@@H]1N2C(C)(C)OC(=O)[C@@]2(C)[C@H](c2cccc(Cl)c2)[C@@]1(C#N)c1ccc(Cl)cc1. The van der Waals surface area contributed by atoms with Crippen LogP contribution in [-0.2, 0) is 14.9 Å². The third-order valence-electron chi connectivity index (χ3n) is 7.19. The molecule has 2 aromatic rings. The number of carbonyl (C=O) groups is 1. The second-order valence-electron chi connectivity index (χ2n) is 11.1. The van der Waals surface area contributed by atoms with Gasteiger partial charge in [-0.25, -0.2) is 9.69 Å². The Morgan fingerprint density at radius 2 is 1.70 bits per heavy atom. The molecule has 2 saturated heterocycles. The molecule has 4 rings (SSSR count). The van der Waals surface area contributed by atoms with Gasteiger partial charge in [-0.3, -0.25) is 0 Å². The zero-order valence-corrected chi connectivity index (χ0v) is 21.5. The number of cyclic esters (lactones) is 1. The summed E-state index contributed by atoms with van der Waals surface area (Å²) in [6.45, 7) is 12.2. The molecule has 4 nitrogen and oxygen atoms in total. The summed E-state index contributed by atoms with van der Waals surface area (Å²) in [6, 6.07) is 17.4. The first-order valence-electron chi connectivity index (χ1n) is 11.2. The van der Waals surface area contributed by atoms with Gasteiger partial charge in [0.2, 0.25) is 0 Å². The minimum Gasteiger partial charge on any atom is -0.443 e. The summed E-state index contributed by atoms with van der Waals surface area (Å²) < 4.78 is 5.96. The van der Waals surface area contributed by atoms with E-state index in [-0.39, 0.29) is 17.4 Å². The van der Waals surface area contributed by atoms with E-state index in [0.717, 1.165) is 11.1 Å². The molecule has 0 bridgehead atoms. The third-order valence-corrected chi connectivity index (χ3v) is 7.67. The molecule has 2 aromatic carbocycles. The van der Waals surface area contributed by atoms with E-state index in [1.54, 1.807) is 6.07 Å². The molecule has 0 radical (unpaired) electrons. The lowest BCUT2D eigenvalue weighted by Gasteiger charge is -2.42. The maximum Gasteiger partial charge on any atom is 0.328 e. The minimum atomic E-state index is -1.06. The molecule has 6 heteroatoms. The first-order chi connectivity index (χ1) is 15.3. The van der Waals surface area contributed by atoms with Crippen LogP contribution in [0, 0.1) is 16.7 Å². The van der Waals surface area contributed by atoms with Crippen LogP contribution in [-0.4, -0.2) is 28.2 Å². The summed E-state index contributed by atoms with van der Waals surface area (Å²) in [5.41, 5.74) is -1.38. The number of rotatable bonds is 3. The van der Waals surface area contributed by atoms with Gasteiger partial charge in [0.15, 0.2) is 5.72 Å². The van der Waals surface area contributed by atoms with Crippen LogP contribution in [0.1, 0.15) is 65.0 Å². The van der Waals surface area contributed by atoms with Gasteiger partial charge in [0, 0.05) is 22.0 Å². The Kier molecular flexibility index (Phi) is 5.64. The maximum atomic E-state index is 13.6. The van der Waals surface area contributed by atoms with Crippen LogP contribution in [0.25, 0.3) is 0 Å². The summed E-state index contributed by atoms with van der Waals surface area (Å²) in [5, 5.41) is 12.2. The molecule has 0 spiro atoms. The van der Waals surface area contributed by atoms with Crippen LogP contribution in [0.3, 0.4) is 0 Å². The molecule has 0 N–H and O–H groups in total. The van der Waals surface area contributed by atoms with Gasteiger partial charge < -0.3 is 4.74 Å². The van der Waals surface area contributed by atoms with Crippen molar-refractivity contribution in [1.29, 1.82) is 5.26 Å². The van der Waals surface area contributed by atoms with Crippen LogP contribution in [0.4, 0.5) is 0 Å². The first-order valence-corrected chi connectivity index (χ1v) is 12.0. The molecule has 174 valence electrons. The standard InChI is InChI=1S/C27H30Cl2N2O2/c1-24(2,3)15-21-27(16-30,18-10-12-19(28)13-11-18)22(17-8-7-9-20(29)14-17)26(6)23(32)33-25(4,5)31(21)26/h7-14,21-22H,15H2,1-6H3/t21-,22-,26+,27-/m0/s1. The van der Waals surface area contributed by atoms with Crippen LogP contribution >= 0.6 is 23.2 Å². The number of halogens is 2. The number of nitriles is 1. The zero-order chi connectivity index (χ0) is 24.4. The number of nitrogens with zero attached hydrogens (tertiary/aromatic N) is 2. The van der Waals surface area contributed by atoms with Crippen LogP contribution in [0.5, 0.6) is 0 Å². The van der Waals surface area contributed by atoms with Gasteiger partial charge >= 0.3 is 5.97 Å². The van der Waals surface area contributed by atoms with Crippen molar-refractivity contribution in [1.82, 2.24) is 4.90 Å². The van der Waals surface area contributed by atoms with E-state index in [2.05, 4.69) is 31.7 Å². The maximum absolute atomic E-state index is 13.6. The molecule has 2 aliphatic rings. The van der Waals surface area contributed by atoms with E-state index in [0.29, 0.717) is 16.5 Å². The van der Waals surface area contributed by atoms with E-state index in [1.807, 2.05) is 63.2 Å². The van der Waals surface area contributed by atoms with Crippen molar-refractivity contribution >= 4 is 29.2 Å². The topological polar surface area (TPSA) is 53.3 Å². The molecule has 0 saturated carbocycles. The van der Waals surface area contributed by atoms with Gasteiger partial charge in [-0.15, -0.1) is 0 Å². The van der Waals surface area contributed by atoms with Crippen molar-refractivity contribution in [3.05, 3.63) is 69.7 Å². The Hall–Kier alpha value is -2.06. The highest BCUT2D eigenvalue weighted by Crippen LogP contribution is 2.64. The molecule has 2 heterocycles. The van der Waals surface area contributed by atoms with Gasteiger partial charge in [0.1, 0.15) is 11.0 Å². The van der Waals surface area contributed by atoms with Crippen molar-refractivity contribution in [2.45, 2.75) is 76.6 Å². The van der Waals surface area contributed by atoms with Gasteiger partial charge in [-0.2, -0.15) is 5.26 Å². The van der Waals surface area contributed by atoms with Crippen molar-refractivity contribution in [3.8, 4) is 6.07 Å². The quantitative estimate of drug-likeness (QED) is 0.454. The highest BCUT2D eigenvalue weighted by Gasteiger charge is 2.76. The number of carbonyl (C=O) groups excluding carboxylic acids is 1. The number of hydrogen-bond donors (Lipinski definition) is 0. The van der Waals surface area contributed by atoms with Gasteiger partial charge in [-0.1, -0.05) is 68.2 Å². The Morgan fingerprint density at radius 3 is 2.24 bits per heavy atom. The monoisotopic (exact) mass is 484 g/mol. The zero-order valence-electron chi connectivity index (χ0n) is 19.9. The molecule has 0 amide bonds. The Balaban J connectivity index is 2.11. The average Bonchev–Trinajstić information content (AvgIpc) is 3.04. The number of fused-ring (bicyclic) bond motifs is 1. The average molecular weight is 485 g/mol. The van der Waals surface area contributed by atoms with Crippen molar-refractivity contribution in [2.75, 3.05) is 0 Å². The molecule has 0 aromatic heterocycles. The molecule has 33 heavy (non-hydrogen) atoms. The minimum absolute atomic E-state index is 0.106. The molecular weight excluding hydrogens is 455 g/mol. The fraction of sp³-hybridized carbons (Fsp3) is 0.481.